The van der Waals surface area contributed by atoms with Gasteiger partial charge in [-0.3, -0.25) is 4.79 Å². The highest BCUT2D eigenvalue weighted by Gasteiger charge is 2.46. The lowest BCUT2D eigenvalue weighted by molar-refractivity contribution is -0.129. The lowest BCUT2D eigenvalue weighted by Gasteiger charge is -2.47. The monoisotopic (exact) mass is 316 g/mol. The van der Waals surface area contributed by atoms with Crippen molar-refractivity contribution >= 4 is 5.78 Å². The van der Waals surface area contributed by atoms with E-state index in [1.807, 2.05) is 12.2 Å². The zero-order valence-corrected chi connectivity index (χ0v) is 15.1. The van der Waals surface area contributed by atoms with Crippen molar-refractivity contribution in [2.45, 2.75) is 71.8 Å². The number of Topliss-reactive ketones (excluding diaryl/α,β-unsaturated/α-hetero) is 1. The van der Waals surface area contributed by atoms with Crippen LogP contribution >= 0.6 is 0 Å². The third-order valence-electron chi connectivity index (χ3n) is 5.53. The number of hydrogen-bond acceptors (Lipinski definition) is 2. The molecule has 0 saturated heterocycles. The van der Waals surface area contributed by atoms with Crippen molar-refractivity contribution in [2.24, 2.45) is 17.3 Å². The molecule has 0 spiro atoms. The van der Waals surface area contributed by atoms with Gasteiger partial charge in [0.1, 0.15) is 5.78 Å². The van der Waals surface area contributed by atoms with Gasteiger partial charge in [0.05, 0.1) is 5.60 Å². The van der Waals surface area contributed by atoms with Gasteiger partial charge < -0.3 is 5.11 Å². The van der Waals surface area contributed by atoms with Crippen LogP contribution < -0.4 is 0 Å². The number of carbonyl (C=O) groups is 1. The molecule has 3 atom stereocenters. The number of fused-ring (bicyclic) bond motifs is 1. The van der Waals surface area contributed by atoms with Gasteiger partial charge in [-0.05, 0) is 57.3 Å². The van der Waals surface area contributed by atoms with E-state index in [1.165, 1.54) is 5.57 Å². The maximum absolute atomic E-state index is 12.3. The van der Waals surface area contributed by atoms with Gasteiger partial charge in [-0.2, -0.15) is 0 Å². The number of carbonyl (C=O) groups excluding carboxylic acids is 1. The van der Waals surface area contributed by atoms with E-state index >= 15 is 0 Å². The van der Waals surface area contributed by atoms with Gasteiger partial charge in [0.2, 0.25) is 0 Å². The van der Waals surface area contributed by atoms with Crippen LogP contribution in [0.5, 0.6) is 0 Å². The first-order valence-electron chi connectivity index (χ1n) is 9.04. The molecular weight excluding hydrogens is 284 g/mol. The molecule has 0 amide bonds. The molecule has 0 aromatic rings. The predicted molar refractivity (Wildman–Crippen MR) is 96.1 cm³/mol. The average molecular weight is 316 g/mol. The molecule has 0 aromatic carbocycles. The van der Waals surface area contributed by atoms with Crippen LogP contribution in [0.25, 0.3) is 0 Å². The van der Waals surface area contributed by atoms with E-state index in [9.17, 15) is 9.90 Å². The van der Waals surface area contributed by atoms with Gasteiger partial charge in [0, 0.05) is 12.3 Å². The molecule has 1 N–H and O–H groups in total. The maximum atomic E-state index is 12.3. The zero-order valence-electron chi connectivity index (χ0n) is 15.1. The molecule has 1 fully saturated rings. The zero-order chi connectivity index (χ0) is 17.1. The number of allylic oxidation sites excluding steroid dienone is 5. The molecule has 0 aromatic heterocycles. The molecule has 2 nitrogen and oxygen atoms in total. The molecule has 0 radical (unpaired) electrons. The molecular formula is C21H32O2. The SMILES string of the molecule is C[C@H](CC=CC=CC(C)(C)O)C1=CCC[C@H]2C(=O)CCC[C@]12C. The predicted octanol–water partition coefficient (Wildman–Crippen LogP) is 4.99. The van der Waals surface area contributed by atoms with Crippen LogP contribution in [-0.4, -0.2) is 16.5 Å². The van der Waals surface area contributed by atoms with E-state index < -0.39 is 5.60 Å². The second-order valence-corrected chi connectivity index (χ2v) is 8.10. The fourth-order valence-electron chi connectivity index (χ4n) is 4.34. The summed E-state index contributed by atoms with van der Waals surface area (Å²) in [5, 5.41) is 9.66. The number of hydrogen-bond donors (Lipinski definition) is 1. The molecule has 0 heterocycles. The second-order valence-electron chi connectivity index (χ2n) is 8.10. The Morgan fingerprint density at radius 1 is 1.43 bits per heavy atom. The molecule has 0 bridgehead atoms. The van der Waals surface area contributed by atoms with E-state index in [-0.39, 0.29) is 11.3 Å². The van der Waals surface area contributed by atoms with Crippen molar-refractivity contribution in [2.75, 3.05) is 0 Å². The van der Waals surface area contributed by atoms with Gasteiger partial charge in [0.25, 0.3) is 0 Å². The van der Waals surface area contributed by atoms with E-state index in [0.717, 1.165) is 38.5 Å². The highest BCUT2D eigenvalue weighted by atomic mass is 16.3. The summed E-state index contributed by atoms with van der Waals surface area (Å²) in [5.41, 5.74) is 0.826. The summed E-state index contributed by atoms with van der Waals surface area (Å²) in [5.74, 6) is 1.21. The molecule has 0 unspecified atom stereocenters. The molecule has 128 valence electrons. The molecule has 1 saturated carbocycles. The number of rotatable bonds is 5. The summed E-state index contributed by atoms with van der Waals surface area (Å²) < 4.78 is 0. The summed E-state index contributed by atoms with van der Waals surface area (Å²) in [6.07, 6.45) is 16.4. The standard InChI is InChI=1S/C21H32O2/c1-16(10-6-5-7-14-20(2,3)23)17-11-8-12-18-19(22)13-9-15-21(17,18)4/h5-7,11,14,16,18,23H,8-10,12-13,15H2,1-4H3/t16-,18+,21-/m1/s1. The number of ketones is 1. The van der Waals surface area contributed by atoms with E-state index in [4.69, 9.17) is 0 Å². The third kappa shape index (κ3) is 4.44. The Kier molecular flexibility index (Phi) is 5.67. The van der Waals surface area contributed by atoms with Gasteiger partial charge in [-0.15, -0.1) is 0 Å². The van der Waals surface area contributed by atoms with Crippen molar-refractivity contribution in [1.29, 1.82) is 0 Å². The van der Waals surface area contributed by atoms with Gasteiger partial charge in [-0.1, -0.05) is 49.8 Å². The lowest BCUT2D eigenvalue weighted by Crippen LogP contribution is -2.42. The van der Waals surface area contributed by atoms with Crippen molar-refractivity contribution < 1.29 is 9.90 Å². The largest absolute Gasteiger partial charge is 0.386 e. The van der Waals surface area contributed by atoms with Crippen LogP contribution in [0, 0.1) is 17.3 Å². The Labute approximate surface area is 141 Å². The van der Waals surface area contributed by atoms with Crippen LogP contribution in [0.3, 0.4) is 0 Å². The molecule has 2 rings (SSSR count). The molecule has 23 heavy (non-hydrogen) atoms. The van der Waals surface area contributed by atoms with Crippen LogP contribution in [-0.2, 0) is 4.79 Å². The third-order valence-corrected chi connectivity index (χ3v) is 5.53. The van der Waals surface area contributed by atoms with Gasteiger partial charge in [-0.25, -0.2) is 0 Å². The summed E-state index contributed by atoms with van der Waals surface area (Å²) >= 11 is 0. The van der Waals surface area contributed by atoms with E-state index in [1.54, 1.807) is 19.9 Å². The minimum Gasteiger partial charge on any atom is -0.386 e. The summed E-state index contributed by atoms with van der Waals surface area (Å²) in [6.45, 7) is 8.14. The molecule has 2 heteroatoms. The van der Waals surface area contributed by atoms with E-state index in [0.29, 0.717) is 11.7 Å². The van der Waals surface area contributed by atoms with Gasteiger partial charge >= 0.3 is 0 Å². The Bertz CT molecular complexity index is 518. The summed E-state index contributed by atoms with van der Waals surface area (Å²) in [7, 11) is 0. The average Bonchev–Trinajstić information content (AvgIpc) is 2.44. The number of aliphatic hydroxyl groups is 1. The topological polar surface area (TPSA) is 37.3 Å². The van der Waals surface area contributed by atoms with Crippen molar-refractivity contribution in [1.82, 2.24) is 0 Å². The minimum absolute atomic E-state index is 0.0871. The Morgan fingerprint density at radius 2 is 2.17 bits per heavy atom. The molecule has 2 aliphatic carbocycles. The highest BCUT2D eigenvalue weighted by molar-refractivity contribution is 5.83. The van der Waals surface area contributed by atoms with Crippen LogP contribution in [0.4, 0.5) is 0 Å². The second kappa shape index (κ2) is 7.17. The van der Waals surface area contributed by atoms with Crippen LogP contribution in [0.2, 0.25) is 0 Å². The Balaban J connectivity index is 2.02. The van der Waals surface area contributed by atoms with Crippen molar-refractivity contribution in [3.8, 4) is 0 Å². The summed E-state index contributed by atoms with van der Waals surface area (Å²) in [4.78, 5) is 12.3. The Hall–Kier alpha value is -1.15. The maximum Gasteiger partial charge on any atom is 0.136 e. The fraction of sp³-hybridized carbons (Fsp3) is 0.667. The van der Waals surface area contributed by atoms with Crippen LogP contribution in [0.15, 0.2) is 36.0 Å². The molecule has 0 aliphatic heterocycles. The molecule has 2 aliphatic rings. The fourth-order valence-corrected chi connectivity index (χ4v) is 4.34. The smallest absolute Gasteiger partial charge is 0.136 e. The Morgan fingerprint density at radius 3 is 2.87 bits per heavy atom. The van der Waals surface area contributed by atoms with Gasteiger partial charge in [0.15, 0.2) is 0 Å². The minimum atomic E-state index is -0.759. The van der Waals surface area contributed by atoms with Crippen molar-refractivity contribution in [3.63, 3.8) is 0 Å². The normalized spacial score (nSPS) is 30.6. The highest BCUT2D eigenvalue weighted by Crippen LogP contribution is 2.52. The summed E-state index contributed by atoms with van der Waals surface area (Å²) in [6, 6.07) is 0. The quantitative estimate of drug-likeness (QED) is 0.573. The van der Waals surface area contributed by atoms with Crippen LogP contribution in [0.1, 0.15) is 66.2 Å². The first-order valence-corrected chi connectivity index (χ1v) is 9.04. The lowest BCUT2D eigenvalue weighted by atomic mass is 9.57. The van der Waals surface area contributed by atoms with E-state index in [2.05, 4.69) is 26.0 Å². The van der Waals surface area contributed by atoms with Crippen molar-refractivity contribution in [3.05, 3.63) is 36.0 Å². The first kappa shape index (κ1) is 18.2. The first-order chi connectivity index (χ1) is 10.7.